The molecule has 0 radical (unpaired) electrons. The van der Waals surface area contributed by atoms with E-state index < -0.39 is 0 Å². The van der Waals surface area contributed by atoms with Crippen LogP contribution in [-0.4, -0.2) is 36.6 Å². The van der Waals surface area contributed by atoms with Gasteiger partial charge in [-0.2, -0.15) is 0 Å². The van der Waals surface area contributed by atoms with Crippen molar-refractivity contribution >= 4 is 5.82 Å². The first-order chi connectivity index (χ1) is 9.75. The molecule has 1 aliphatic heterocycles. The smallest absolute Gasteiger partial charge is 0.132 e. The quantitative estimate of drug-likeness (QED) is 0.834. The molecule has 1 aromatic carbocycles. The minimum atomic E-state index is 0.378. The van der Waals surface area contributed by atoms with E-state index in [9.17, 15) is 0 Å². The third-order valence-corrected chi connectivity index (χ3v) is 4.02. The van der Waals surface area contributed by atoms with Gasteiger partial charge in [0.2, 0.25) is 0 Å². The van der Waals surface area contributed by atoms with E-state index in [0.717, 1.165) is 25.5 Å². The lowest BCUT2D eigenvalue weighted by Crippen LogP contribution is -2.47. The number of piperazine rings is 1. The molecule has 3 heteroatoms. The van der Waals surface area contributed by atoms with Crippen molar-refractivity contribution in [1.82, 2.24) is 9.88 Å². The van der Waals surface area contributed by atoms with Crippen LogP contribution in [0, 0.1) is 6.92 Å². The van der Waals surface area contributed by atoms with Gasteiger partial charge in [0.15, 0.2) is 0 Å². The van der Waals surface area contributed by atoms with Gasteiger partial charge in [-0.25, -0.2) is 4.98 Å². The van der Waals surface area contributed by atoms with Crippen LogP contribution in [0.1, 0.15) is 17.2 Å². The minimum absolute atomic E-state index is 0.378. The number of likely N-dealkylation sites (N-methyl/N-ethyl adjacent to an activating group) is 1. The van der Waals surface area contributed by atoms with E-state index in [1.165, 1.54) is 11.1 Å². The molecular weight excluding hydrogens is 246 g/mol. The maximum Gasteiger partial charge on any atom is 0.132 e. The van der Waals surface area contributed by atoms with Crippen LogP contribution in [0.4, 0.5) is 5.82 Å². The fourth-order valence-electron chi connectivity index (χ4n) is 2.91. The van der Waals surface area contributed by atoms with Gasteiger partial charge in [-0.05, 0) is 31.2 Å². The number of aromatic nitrogens is 1. The standard InChI is InChI=1S/C17H21N3/c1-14-7-6-10-18-17(14)20-12-11-19(2)13-16(20)15-8-4-3-5-9-15/h3-10,16H,11-13H2,1-2H3/t16-/m0/s1. The summed E-state index contributed by atoms with van der Waals surface area (Å²) in [4.78, 5) is 9.45. The van der Waals surface area contributed by atoms with Crippen LogP contribution in [0.2, 0.25) is 0 Å². The fourth-order valence-corrected chi connectivity index (χ4v) is 2.91. The van der Waals surface area contributed by atoms with Crippen molar-refractivity contribution in [2.45, 2.75) is 13.0 Å². The predicted molar refractivity (Wildman–Crippen MR) is 83.0 cm³/mol. The molecule has 1 aromatic heterocycles. The number of anilines is 1. The molecule has 0 bridgehead atoms. The maximum absolute atomic E-state index is 4.61. The Morgan fingerprint density at radius 3 is 2.60 bits per heavy atom. The molecule has 0 aliphatic carbocycles. The molecule has 0 unspecified atom stereocenters. The molecule has 0 N–H and O–H groups in total. The van der Waals surface area contributed by atoms with Crippen molar-refractivity contribution in [3.63, 3.8) is 0 Å². The molecule has 1 atom stereocenters. The van der Waals surface area contributed by atoms with E-state index in [0.29, 0.717) is 6.04 Å². The van der Waals surface area contributed by atoms with Gasteiger partial charge in [0, 0.05) is 25.8 Å². The lowest BCUT2D eigenvalue weighted by molar-refractivity contribution is 0.268. The second kappa shape index (κ2) is 5.63. The second-order valence-corrected chi connectivity index (χ2v) is 5.53. The highest BCUT2D eigenvalue weighted by Crippen LogP contribution is 2.30. The molecule has 0 spiro atoms. The normalized spacial score (nSPS) is 20.1. The van der Waals surface area contributed by atoms with E-state index in [1.807, 2.05) is 12.3 Å². The van der Waals surface area contributed by atoms with E-state index in [2.05, 4.69) is 65.2 Å². The molecular formula is C17H21N3. The lowest BCUT2D eigenvalue weighted by Gasteiger charge is -2.41. The van der Waals surface area contributed by atoms with E-state index in [1.54, 1.807) is 0 Å². The van der Waals surface area contributed by atoms with Gasteiger partial charge >= 0.3 is 0 Å². The Kier molecular flexibility index (Phi) is 3.70. The zero-order valence-corrected chi connectivity index (χ0v) is 12.2. The highest BCUT2D eigenvalue weighted by molar-refractivity contribution is 5.49. The first kappa shape index (κ1) is 13.1. The van der Waals surface area contributed by atoms with Gasteiger partial charge < -0.3 is 9.80 Å². The number of rotatable bonds is 2. The third kappa shape index (κ3) is 2.54. The Labute approximate surface area is 120 Å². The molecule has 1 aliphatic rings. The summed E-state index contributed by atoms with van der Waals surface area (Å²) in [5.74, 6) is 1.12. The molecule has 1 saturated heterocycles. The van der Waals surface area contributed by atoms with Crippen molar-refractivity contribution < 1.29 is 0 Å². The van der Waals surface area contributed by atoms with Crippen LogP contribution in [0.15, 0.2) is 48.7 Å². The zero-order valence-electron chi connectivity index (χ0n) is 12.2. The number of hydrogen-bond acceptors (Lipinski definition) is 3. The average molecular weight is 267 g/mol. The Bertz CT molecular complexity index is 567. The van der Waals surface area contributed by atoms with E-state index in [4.69, 9.17) is 0 Å². The van der Waals surface area contributed by atoms with Crippen LogP contribution in [-0.2, 0) is 0 Å². The van der Waals surface area contributed by atoms with Gasteiger partial charge in [0.1, 0.15) is 5.82 Å². The number of nitrogens with zero attached hydrogens (tertiary/aromatic N) is 3. The zero-order chi connectivity index (χ0) is 13.9. The number of aryl methyl sites for hydroxylation is 1. The molecule has 104 valence electrons. The molecule has 0 saturated carbocycles. The molecule has 2 aromatic rings. The van der Waals surface area contributed by atoms with Gasteiger partial charge in [-0.15, -0.1) is 0 Å². The van der Waals surface area contributed by atoms with Gasteiger partial charge in [-0.1, -0.05) is 36.4 Å². The summed E-state index contributed by atoms with van der Waals surface area (Å²) in [5.41, 5.74) is 2.61. The average Bonchev–Trinajstić information content (AvgIpc) is 2.49. The van der Waals surface area contributed by atoms with Gasteiger partial charge in [0.05, 0.1) is 6.04 Å². The van der Waals surface area contributed by atoms with Crippen LogP contribution in [0.3, 0.4) is 0 Å². The van der Waals surface area contributed by atoms with Crippen molar-refractivity contribution in [2.75, 3.05) is 31.6 Å². The van der Waals surface area contributed by atoms with Crippen LogP contribution < -0.4 is 4.90 Å². The summed E-state index contributed by atoms with van der Waals surface area (Å²) in [6.45, 7) is 5.29. The fraction of sp³-hybridized carbons (Fsp3) is 0.353. The van der Waals surface area contributed by atoms with Gasteiger partial charge in [-0.3, -0.25) is 0 Å². The highest BCUT2D eigenvalue weighted by Gasteiger charge is 2.28. The Hall–Kier alpha value is -1.87. The summed E-state index contributed by atoms with van der Waals surface area (Å²) in [7, 11) is 2.19. The van der Waals surface area contributed by atoms with Gasteiger partial charge in [0.25, 0.3) is 0 Å². The lowest BCUT2D eigenvalue weighted by atomic mass is 10.0. The summed E-state index contributed by atoms with van der Waals surface area (Å²) in [6.07, 6.45) is 1.89. The van der Waals surface area contributed by atoms with Crippen LogP contribution in [0.5, 0.6) is 0 Å². The Morgan fingerprint density at radius 2 is 1.85 bits per heavy atom. The highest BCUT2D eigenvalue weighted by atomic mass is 15.3. The Morgan fingerprint density at radius 1 is 1.05 bits per heavy atom. The topological polar surface area (TPSA) is 19.4 Å². The molecule has 3 rings (SSSR count). The molecule has 2 heterocycles. The van der Waals surface area contributed by atoms with Crippen molar-refractivity contribution in [3.05, 3.63) is 59.8 Å². The van der Waals surface area contributed by atoms with Crippen molar-refractivity contribution in [1.29, 1.82) is 0 Å². The first-order valence-electron chi connectivity index (χ1n) is 7.17. The number of pyridine rings is 1. The predicted octanol–water partition coefficient (Wildman–Crippen LogP) is 2.88. The minimum Gasteiger partial charge on any atom is -0.347 e. The summed E-state index contributed by atoms with van der Waals surface area (Å²) >= 11 is 0. The maximum atomic E-state index is 4.61. The largest absolute Gasteiger partial charge is 0.347 e. The summed E-state index contributed by atoms with van der Waals surface area (Å²) in [5, 5.41) is 0. The van der Waals surface area contributed by atoms with Crippen molar-refractivity contribution in [2.24, 2.45) is 0 Å². The van der Waals surface area contributed by atoms with E-state index >= 15 is 0 Å². The van der Waals surface area contributed by atoms with E-state index in [-0.39, 0.29) is 0 Å². The molecule has 0 amide bonds. The Balaban J connectivity index is 1.97. The first-order valence-corrected chi connectivity index (χ1v) is 7.17. The van der Waals surface area contributed by atoms with Crippen LogP contribution in [0.25, 0.3) is 0 Å². The monoisotopic (exact) mass is 267 g/mol. The third-order valence-electron chi connectivity index (χ3n) is 4.02. The molecule has 1 fully saturated rings. The molecule has 20 heavy (non-hydrogen) atoms. The second-order valence-electron chi connectivity index (χ2n) is 5.53. The summed E-state index contributed by atoms with van der Waals surface area (Å²) in [6, 6.07) is 15.3. The van der Waals surface area contributed by atoms with Crippen molar-refractivity contribution in [3.8, 4) is 0 Å². The number of benzene rings is 1. The summed E-state index contributed by atoms with van der Waals surface area (Å²) < 4.78 is 0. The van der Waals surface area contributed by atoms with Crippen LogP contribution >= 0.6 is 0 Å². The SMILES string of the molecule is Cc1cccnc1N1CCN(C)C[C@H]1c1ccccc1. The molecule has 3 nitrogen and oxygen atoms in total. The number of hydrogen-bond donors (Lipinski definition) is 0.